The van der Waals surface area contributed by atoms with Crippen LogP contribution in [0.3, 0.4) is 0 Å². The van der Waals surface area contributed by atoms with Gasteiger partial charge < -0.3 is 5.73 Å². The molecule has 10 heteroatoms. The molecule has 21 heavy (non-hydrogen) atoms. The first-order chi connectivity index (χ1) is 9.69. The zero-order valence-electron chi connectivity index (χ0n) is 12.1. The van der Waals surface area contributed by atoms with E-state index in [0.29, 0.717) is 24.5 Å². The maximum atomic E-state index is 12.7. The van der Waals surface area contributed by atoms with Crippen LogP contribution in [0.1, 0.15) is 11.4 Å². The van der Waals surface area contributed by atoms with Crippen molar-refractivity contribution in [2.45, 2.75) is 25.3 Å². The Bertz CT molecular complexity index is 723. The molecule has 1 aromatic rings. The molecule has 2 N–H and O–H groups in total. The number of hydrogen-bond donors (Lipinski definition) is 1. The van der Waals surface area contributed by atoms with Gasteiger partial charge in [-0.2, -0.15) is 9.40 Å². The molecule has 1 fully saturated rings. The highest BCUT2D eigenvalue weighted by atomic mass is 32.2. The van der Waals surface area contributed by atoms with Crippen LogP contribution in [0.4, 0.5) is 0 Å². The van der Waals surface area contributed by atoms with Crippen molar-refractivity contribution in [3.05, 3.63) is 11.4 Å². The Morgan fingerprint density at radius 1 is 1.24 bits per heavy atom. The molecule has 1 saturated heterocycles. The molecule has 120 valence electrons. The topological polar surface area (TPSA) is 115 Å². The fourth-order valence-corrected chi connectivity index (χ4v) is 5.71. The monoisotopic (exact) mass is 336 g/mol. The molecular weight excluding hydrogens is 316 g/mol. The van der Waals surface area contributed by atoms with Crippen LogP contribution in [-0.4, -0.2) is 62.1 Å². The Morgan fingerprint density at radius 3 is 2.33 bits per heavy atom. The fourth-order valence-electron chi connectivity index (χ4n) is 2.46. The van der Waals surface area contributed by atoms with E-state index in [-0.39, 0.29) is 29.5 Å². The largest absolute Gasteiger partial charge is 0.329 e. The van der Waals surface area contributed by atoms with E-state index < -0.39 is 19.9 Å². The number of sulfone groups is 1. The molecule has 2 heterocycles. The minimum absolute atomic E-state index is 0.00832. The molecule has 0 radical (unpaired) electrons. The highest BCUT2D eigenvalue weighted by molar-refractivity contribution is 7.92. The second-order valence-corrected chi connectivity index (χ2v) is 9.25. The summed E-state index contributed by atoms with van der Waals surface area (Å²) in [5, 5.41) is 4.20. The van der Waals surface area contributed by atoms with Gasteiger partial charge in [0, 0.05) is 19.6 Å². The van der Waals surface area contributed by atoms with Crippen LogP contribution in [0, 0.1) is 13.8 Å². The van der Waals surface area contributed by atoms with Crippen LogP contribution in [0.5, 0.6) is 0 Å². The highest BCUT2D eigenvalue weighted by Gasteiger charge is 2.34. The summed E-state index contributed by atoms with van der Waals surface area (Å²) in [5.74, 6) is -0.275. The number of aryl methyl sites for hydroxylation is 1. The summed E-state index contributed by atoms with van der Waals surface area (Å²) < 4.78 is 51.1. The number of hydrogen-bond acceptors (Lipinski definition) is 6. The number of nitrogens with zero attached hydrogens (tertiary/aromatic N) is 3. The second kappa shape index (κ2) is 5.67. The van der Waals surface area contributed by atoms with Gasteiger partial charge in [-0.05, 0) is 13.8 Å². The molecule has 0 spiro atoms. The first-order valence-electron chi connectivity index (χ1n) is 6.63. The molecule has 1 aromatic heterocycles. The molecule has 1 aliphatic rings. The van der Waals surface area contributed by atoms with E-state index in [0.717, 1.165) is 0 Å². The minimum Gasteiger partial charge on any atom is -0.329 e. The summed E-state index contributed by atoms with van der Waals surface area (Å²) in [5.41, 5.74) is 6.43. The number of aromatic nitrogens is 2. The molecule has 0 atom stereocenters. The lowest BCUT2D eigenvalue weighted by Gasteiger charge is -2.26. The molecule has 0 bridgehead atoms. The Morgan fingerprint density at radius 2 is 1.81 bits per heavy atom. The van der Waals surface area contributed by atoms with E-state index >= 15 is 0 Å². The van der Waals surface area contributed by atoms with E-state index in [4.69, 9.17) is 5.73 Å². The van der Waals surface area contributed by atoms with Crippen molar-refractivity contribution in [3.8, 4) is 0 Å². The predicted molar refractivity (Wildman–Crippen MR) is 78.2 cm³/mol. The van der Waals surface area contributed by atoms with Crippen LogP contribution in [0.2, 0.25) is 0 Å². The Hall–Kier alpha value is -0.970. The van der Waals surface area contributed by atoms with Crippen molar-refractivity contribution in [2.24, 2.45) is 5.73 Å². The number of rotatable bonds is 4. The average molecular weight is 336 g/mol. The van der Waals surface area contributed by atoms with Gasteiger partial charge in [0.1, 0.15) is 4.90 Å². The lowest BCUT2D eigenvalue weighted by atomic mass is 10.4. The smallest absolute Gasteiger partial charge is 0.246 e. The van der Waals surface area contributed by atoms with E-state index in [9.17, 15) is 16.8 Å². The standard InChI is InChI=1S/C11H20N4O4S2/c1-9-11(10(2)15(13-9)4-3-12)21(18,19)14-5-7-20(16,17)8-6-14/h3-8,12H2,1-2H3. The lowest BCUT2D eigenvalue weighted by Crippen LogP contribution is -2.43. The first-order valence-corrected chi connectivity index (χ1v) is 9.90. The van der Waals surface area contributed by atoms with Gasteiger partial charge in [0.15, 0.2) is 9.84 Å². The van der Waals surface area contributed by atoms with Gasteiger partial charge in [-0.3, -0.25) is 4.68 Å². The van der Waals surface area contributed by atoms with E-state index in [1.54, 1.807) is 18.5 Å². The zero-order chi connectivity index (χ0) is 15.8. The fraction of sp³-hybridized carbons (Fsp3) is 0.727. The van der Waals surface area contributed by atoms with E-state index in [1.807, 2.05) is 0 Å². The molecule has 1 aliphatic heterocycles. The molecule has 0 amide bonds. The minimum atomic E-state index is -3.73. The quantitative estimate of drug-likeness (QED) is 0.744. The molecule has 2 rings (SSSR count). The molecule has 0 saturated carbocycles. The summed E-state index contributed by atoms with van der Waals surface area (Å²) in [4.78, 5) is 0.162. The Balaban J connectivity index is 2.37. The Kier molecular flexibility index (Phi) is 4.43. The summed E-state index contributed by atoms with van der Waals surface area (Å²) in [6, 6.07) is 0. The summed E-state index contributed by atoms with van der Waals surface area (Å²) in [6.45, 7) is 4.11. The van der Waals surface area contributed by atoms with Gasteiger partial charge in [0.25, 0.3) is 0 Å². The third-order valence-electron chi connectivity index (χ3n) is 3.56. The predicted octanol–water partition coefficient (Wildman–Crippen LogP) is -1.12. The van der Waals surface area contributed by atoms with Crippen LogP contribution >= 0.6 is 0 Å². The summed E-state index contributed by atoms with van der Waals surface area (Å²) in [6.07, 6.45) is 0. The van der Waals surface area contributed by atoms with Gasteiger partial charge in [-0.15, -0.1) is 0 Å². The van der Waals surface area contributed by atoms with Gasteiger partial charge in [0.05, 0.1) is 29.4 Å². The molecule has 0 aromatic carbocycles. The maximum Gasteiger partial charge on any atom is 0.246 e. The van der Waals surface area contributed by atoms with Crippen LogP contribution in [0.15, 0.2) is 4.90 Å². The van der Waals surface area contributed by atoms with Crippen molar-refractivity contribution < 1.29 is 16.8 Å². The molecule has 8 nitrogen and oxygen atoms in total. The lowest BCUT2D eigenvalue weighted by molar-refractivity contribution is 0.430. The number of nitrogens with two attached hydrogens (primary N) is 1. The third-order valence-corrected chi connectivity index (χ3v) is 7.32. The molecule has 0 unspecified atom stereocenters. The van der Waals surface area contributed by atoms with Crippen LogP contribution in [-0.2, 0) is 26.4 Å². The highest BCUT2D eigenvalue weighted by Crippen LogP contribution is 2.24. The zero-order valence-corrected chi connectivity index (χ0v) is 13.7. The van der Waals surface area contributed by atoms with Crippen LogP contribution in [0.25, 0.3) is 0 Å². The van der Waals surface area contributed by atoms with Crippen molar-refractivity contribution in [1.82, 2.24) is 14.1 Å². The van der Waals surface area contributed by atoms with E-state index in [2.05, 4.69) is 5.10 Å². The van der Waals surface area contributed by atoms with Crippen molar-refractivity contribution in [1.29, 1.82) is 0 Å². The van der Waals surface area contributed by atoms with Gasteiger partial charge in [-0.1, -0.05) is 0 Å². The first kappa shape index (κ1) is 16.4. The maximum absolute atomic E-state index is 12.7. The summed E-state index contributed by atoms with van der Waals surface area (Å²) in [7, 11) is -6.85. The molecule has 0 aliphatic carbocycles. The van der Waals surface area contributed by atoms with Gasteiger partial charge in [-0.25, -0.2) is 16.8 Å². The Labute approximate surface area is 124 Å². The van der Waals surface area contributed by atoms with E-state index in [1.165, 1.54) is 4.31 Å². The van der Waals surface area contributed by atoms with Gasteiger partial charge >= 0.3 is 0 Å². The van der Waals surface area contributed by atoms with Gasteiger partial charge in [0.2, 0.25) is 10.0 Å². The van der Waals surface area contributed by atoms with Crippen molar-refractivity contribution in [3.63, 3.8) is 0 Å². The normalized spacial score (nSPS) is 19.8. The average Bonchev–Trinajstić information content (AvgIpc) is 2.65. The van der Waals surface area contributed by atoms with Crippen molar-refractivity contribution >= 4 is 19.9 Å². The van der Waals surface area contributed by atoms with Crippen molar-refractivity contribution in [2.75, 3.05) is 31.1 Å². The number of sulfonamides is 1. The molecular formula is C11H20N4O4S2. The van der Waals surface area contributed by atoms with Crippen LogP contribution < -0.4 is 5.73 Å². The second-order valence-electron chi connectivity index (χ2n) is 5.07. The summed E-state index contributed by atoms with van der Waals surface area (Å²) >= 11 is 0. The third kappa shape index (κ3) is 3.12. The SMILES string of the molecule is Cc1nn(CCN)c(C)c1S(=O)(=O)N1CCS(=O)(=O)CC1.